The molecular formula is C24H23N3O4. The highest BCUT2D eigenvalue weighted by Gasteiger charge is 2.23. The summed E-state index contributed by atoms with van der Waals surface area (Å²) in [7, 11) is 3.38. The zero-order valence-corrected chi connectivity index (χ0v) is 17.5. The Bertz CT molecular complexity index is 1130. The van der Waals surface area contributed by atoms with E-state index in [1.54, 1.807) is 43.3 Å². The van der Waals surface area contributed by atoms with Gasteiger partial charge in [-0.05, 0) is 30.7 Å². The SMILES string of the molecule is CC(NC(=O)c1ccccc1C(=O)c1ccc(N(C)C)c([N+](=O)[O-])c1)c1ccccc1. The minimum Gasteiger partial charge on any atom is -0.372 e. The van der Waals surface area contributed by atoms with Crippen LogP contribution in [0, 0.1) is 10.1 Å². The van der Waals surface area contributed by atoms with Crippen LogP contribution in [0.1, 0.15) is 44.8 Å². The molecule has 3 aromatic rings. The maximum absolute atomic E-state index is 13.2. The van der Waals surface area contributed by atoms with E-state index in [9.17, 15) is 19.7 Å². The van der Waals surface area contributed by atoms with Gasteiger partial charge in [-0.2, -0.15) is 0 Å². The van der Waals surface area contributed by atoms with E-state index in [0.717, 1.165) is 5.56 Å². The molecule has 1 unspecified atom stereocenters. The molecule has 7 heteroatoms. The normalized spacial score (nSPS) is 11.5. The van der Waals surface area contributed by atoms with Gasteiger partial charge < -0.3 is 10.2 Å². The van der Waals surface area contributed by atoms with Gasteiger partial charge in [0.05, 0.1) is 16.5 Å². The number of anilines is 1. The highest BCUT2D eigenvalue weighted by molar-refractivity contribution is 6.15. The van der Waals surface area contributed by atoms with Crippen LogP contribution < -0.4 is 10.2 Å². The summed E-state index contributed by atoms with van der Waals surface area (Å²) in [6, 6.07) is 20.0. The molecule has 0 fully saturated rings. The molecule has 158 valence electrons. The van der Waals surface area contributed by atoms with Crippen molar-refractivity contribution < 1.29 is 14.5 Å². The van der Waals surface area contributed by atoms with E-state index < -0.39 is 10.7 Å². The number of hydrogen-bond acceptors (Lipinski definition) is 5. The number of nitro benzene ring substituents is 1. The van der Waals surface area contributed by atoms with Gasteiger partial charge in [0.1, 0.15) is 5.69 Å². The van der Waals surface area contributed by atoms with Crippen LogP contribution in [0.25, 0.3) is 0 Å². The van der Waals surface area contributed by atoms with Crippen LogP contribution in [0.15, 0.2) is 72.8 Å². The first-order valence-electron chi connectivity index (χ1n) is 9.75. The molecule has 1 N–H and O–H groups in total. The predicted molar refractivity (Wildman–Crippen MR) is 120 cm³/mol. The monoisotopic (exact) mass is 417 g/mol. The van der Waals surface area contributed by atoms with E-state index in [4.69, 9.17) is 0 Å². The van der Waals surface area contributed by atoms with Gasteiger partial charge in [0.15, 0.2) is 5.78 Å². The molecule has 7 nitrogen and oxygen atoms in total. The van der Waals surface area contributed by atoms with E-state index in [2.05, 4.69) is 5.32 Å². The van der Waals surface area contributed by atoms with Crippen molar-refractivity contribution in [3.63, 3.8) is 0 Å². The van der Waals surface area contributed by atoms with Crippen molar-refractivity contribution in [2.45, 2.75) is 13.0 Å². The smallest absolute Gasteiger partial charge is 0.293 e. The number of ketones is 1. The van der Waals surface area contributed by atoms with Crippen LogP contribution in [0.2, 0.25) is 0 Å². The molecule has 0 aliphatic rings. The van der Waals surface area contributed by atoms with Crippen molar-refractivity contribution in [3.05, 3.63) is 105 Å². The number of nitro groups is 1. The van der Waals surface area contributed by atoms with Crippen LogP contribution >= 0.6 is 0 Å². The highest BCUT2D eigenvalue weighted by atomic mass is 16.6. The maximum atomic E-state index is 13.2. The maximum Gasteiger partial charge on any atom is 0.293 e. The zero-order valence-electron chi connectivity index (χ0n) is 17.5. The number of nitrogens with zero attached hydrogens (tertiary/aromatic N) is 2. The van der Waals surface area contributed by atoms with Gasteiger partial charge in [0.2, 0.25) is 0 Å². The average Bonchev–Trinajstić information content (AvgIpc) is 2.78. The Morgan fingerprint density at radius 3 is 2.16 bits per heavy atom. The lowest BCUT2D eigenvalue weighted by Gasteiger charge is -2.16. The van der Waals surface area contributed by atoms with Gasteiger partial charge in [-0.25, -0.2) is 0 Å². The molecule has 3 aromatic carbocycles. The number of carbonyl (C=O) groups excluding carboxylic acids is 2. The number of hydrogen-bond donors (Lipinski definition) is 1. The molecule has 0 aromatic heterocycles. The number of amides is 1. The summed E-state index contributed by atoms with van der Waals surface area (Å²) < 4.78 is 0. The lowest BCUT2D eigenvalue weighted by Crippen LogP contribution is -2.28. The average molecular weight is 417 g/mol. The molecule has 0 spiro atoms. The molecular weight excluding hydrogens is 394 g/mol. The van der Waals surface area contributed by atoms with Crippen LogP contribution in [0.3, 0.4) is 0 Å². The van der Waals surface area contributed by atoms with E-state index >= 15 is 0 Å². The molecule has 0 saturated heterocycles. The molecule has 0 aliphatic carbocycles. The van der Waals surface area contributed by atoms with Crippen LogP contribution in [0.5, 0.6) is 0 Å². The first kappa shape index (κ1) is 21.7. The number of rotatable bonds is 7. The van der Waals surface area contributed by atoms with E-state index in [1.165, 1.54) is 18.2 Å². The van der Waals surface area contributed by atoms with Crippen LogP contribution in [0.4, 0.5) is 11.4 Å². The van der Waals surface area contributed by atoms with Gasteiger partial charge in [0, 0.05) is 31.3 Å². The summed E-state index contributed by atoms with van der Waals surface area (Å²) in [5.74, 6) is -0.841. The molecule has 0 bridgehead atoms. The lowest BCUT2D eigenvalue weighted by atomic mass is 9.96. The Balaban J connectivity index is 1.93. The number of nitrogens with one attached hydrogen (secondary N) is 1. The Morgan fingerprint density at radius 2 is 1.55 bits per heavy atom. The summed E-state index contributed by atoms with van der Waals surface area (Å²) in [4.78, 5) is 38.7. The zero-order chi connectivity index (χ0) is 22.5. The summed E-state index contributed by atoms with van der Waals surface area (Å²) in [6.07, 6.45) is 0. The molecule has 1 atom stereocenters. The Labute approximate surface area is 180 Å². The molecule has 31 heavy (non-hydrogen) atoms. The Kier molecular flexibility index (Phi) is 6.45. The fraction of sp³-hybridized carbons (Fsp3) is 0.167. The third kappa shape index (κ3) is 4.78. The van der Waals surface area contributed by atoms with Crippen molar-refractivity contribution in [1.82, 2.24) is 5.32 Å². The van der Waals surface area contributed by atoms with Crippen molar-refractivity contribution in [2.24, 2.45) is 0 Å². The molecule has 3 rings (SSSR count). The summed E-state index contributed by atoms with van der Waals surface area (Å²) in [5.41, 5.74) is 1.71. The number of carbonyl (C=O) groups is 2. The van der Waals surface area contributed by atoms with E-state index in [0.29, 0.717) is 5.69 Å². The predicted octanol–water partition coefficient (Wildman–Crippen LogP) is 4.38. The van der Waals surface area contributed by atoms with E-state index in [-0.39, 0.29) is 34.3 Å². The third-order valence-electron chi connectivity index (χ3n) is 4.98. The van der Waals surface area contributed by atoms with Gasteiger partial charge in [-0.3, -0.25) is 19.7 Å². The first-order chi connectivity index (χ1) is 14.8. The van der Waals surface area contributed by atoms with Crippen LogP contribution in [-0.2, 0) is 0 Å². The molecule has 0 radical (unpaired) electrons. The summed E-state index contributed by atoms with van der Waals surface area (Å²) in [5, 5.41) is 14.4. The van der Waals surface area contributed by atoms with Gasteiger partial charge in [-0.1, -0.05) is 48.5 Å². The minimum atomic E-state index is -0.522. The molecule has 1 amide bonds. The second-order valence-electron chi connectivity index (χ2n) is 7.34. The lowest BCUT2D eigenvalue weighted by molar-refractivity contribution is -0.384. The molecule has 0 heterocycles. The molecule has 0 aliphatic heterocycles. The van der Waals surface area contributed by atoms with Crippen molar-refractivity contribution >= 4 is 23.1 Å². The van der Waals surface area contributed by atoms with Gasteiger partial charge in [-0.15, -0.1) is 0 Å². The molecule has 0 saturated carbocycles. The van der Waals surface area contributed by atoms with Crippen molar-refractivity contribution in [1.29, 1.82) is 0 Å². The standard InChI is InChI=1S/C24H23N3O4/c1-16(17-9-5-4-6-10-17)25-24(29)20-12-8-7-11-19(20)23(28)18-13-14-21(26(2)3)22(15-18)27(30)31/h4-16H,1-3H3,(H,25,29). The second-order valence-corrected chi connectivity index (χ2v) is 7.34. The largest absolute Gasteiger partial charge is 0.372 e. The van der Waals surface area contributed by atoms with E-state index in [1.807, 2.05) is 37.3 Å². The van der Waals surface area contributed by atoms with Crippen molar-refractivity contribution in [2.75, 3.05) is 19.0 Å². The highest BCUT2D eigenvalue weighted by Crippen LogP contribution is 2.29. The van der Waals surface area contributed by atoms with Crippen molar-refractivity contribution in [3.8, 4) is 0 Å². The Morgan fingerprint density at radius 1 is 0.935 bits per heavy atom. The minimum absolute atomic E-state index is 0.147. The summed E-state index contributed by atoms with van der Waals surface area (Å²) >= 11 is 0. The fourth-order valence-corrected chi connectivity index (χ4v) is 3.32. The second kappa shape index (κ2) is 9.21. The quantitative estimate of drug-likeness (QED) is 0.350. The Hall–Kier alpha value is -4.00. The van der Waals surface area contributed by atoms with Gasteiger partial charge >= 0.3 is 0 Å². The van der Waals surface area contributed by atoms with Crippen LogP contribution in [-0.4, -0.2) is 30.7 Å². The number of benzene rings is 3. The fourth-order valence-electron chi connectivity index (χ4n) is 3.32. The first-order valence-corrected chi connectivity index (χ1v) is 9.75. The third-order valence-corrected chi connectivity index (χ3v) is 4.98. The summed E-state index contributed by atoms with van der Waals surface area (Å²) in [6.45, 7) is 1.86. The van der Waals surface area contributed by atoms with Gasteiger partial charge in [0.25, 0.3) is 11.6 Å². The topological polar surface area (TPSA) is 92.6 Å².